The number of carbonyl (C=O) groups excluding carboxylic acids is 2. The minimum atomic E-state index is -0.340. The summed E-state index contributed by atoms with van der Waals surface area (Å²) in [5.41, 5.74) is 2.03. The lowest BCUT2D eigenvalue weighted by Crippen LogP contribution is -2.17. The second kappa shape index (κ2) is 6.98. The molecule has 1 fully saturated rings. The summed E-state index contributed by atoms with van der Waals surface area (Å²) in [5.74, 6) is -0.340. The Hall–Kier alpha value is -1.96. The molecule has 0 bridgehead atoms. The van der Waals surface area contributed by atoms with E-state index in [-0.39, 0.29) is 11.1 Å². The van der Waals surface area contributed by atoms with Crippen molar-refractivity contribution in [2.45, 2.75) is 9.92 Å². The molecule has 0 atom stereocenters. The second-order valence-electron chi connectivity index (χ2n) is 5.70. The van der Waals surface area contributed by atoms with Gasteiger partial charge in [0, 0.05) is 32.9 Å². The van der Waals surface area contributed by atoms with E-state index < -0.39 is 0 Å². The molecule has 0 unspecified atom stereocenters. The summed E-state index contributed by atoms with van der Waals surface area (Å²) < 4.78 is 3.15. The molecule has 0 spiro atoms. The Kier molecular flexibility index (Phi) is 4.69. The first kappa shape index (κ1) is 17.5. The van der Waals surface area contributed by atoms with Gasteiger partial charge in [0.1, 0.15) is 0 Å². The van der Waals surface area contributed by atoms with Gasteiger partial charge in [-0.3, -0.25) is 14.9 Å². The van der Waals surface area contributed by atoms with Crippen molar-refractivity contribution in [3.63, 3.8) is 0 Å². The summed E-state index contributed by atoms with van der Waals surface area (Å²) >= 11 is 6.03. The van der Waals surface area contributed by atoms with E-state index in [9.17, 15) is 9.59 Å². The van der Waals surface area contributed by atoms with Crippen molar-refractivity contribution >= 4 is 67.6 Å². The molecule has 1 aliphatic heterocycles. The number of aromatic nitrogens is 1. The van der Waals surface area contributed by atoms with E-state index in [1.165, 1.54) is 0 Å². The van der Waals surface area contributed by atoms with E-state index in [4.69, 9.17) is 0 Å². The molecule has 2 aromatic carbocycles. The molecular formula is C19H13BrN2O2S2. The number of nitrogens with one attached hydrogen (secondary N) is 1. The number of halogens is 1. The lowest BCUT2D eigenvalue weighted by atomic mass is 10.1. The first-order chi connectivity index (χ1) is 12.5. The molecule has 7 heteroatoms. The highest BCUT2D eigenvalue weighted by molar-refractivity contribution is 9.10. The average molecular weight is 445 g/mol. The predicted molar refractivity (Wildman–Crippen MR) is 110 cm³/mol. The van der Waals surface area contributed by atoms with Crippen LogP contribution in [-0.4, -0.2) is 15.7 Å². The van der Waals surface area contributed by atoms with Gasteiger partial charge in [-0.2, -0.15) is 0 Å². The zero-order valence-electron chi connectivity index (χ0n) is 13.7. The topological polar surface area (TPSA) is 51.1 Å². The molecule has 3 aromatic rings. The highest BCUT2D eigenvalue weighted by Gasteiger charge is 2.26. The number of nitrogens with zero attached hydrogens (tertiary/aromatic N) is 1. The van der Waals surface area contributed by atoms with Crippen LogP contribution in [0.1, 0.15) is 5.56 Å². The second-order valence-corrected chi connectivity index (χ2v) is 8.70. The molecule has 0 radical (unpaired) electrons. The molecule has 4 nitrogen and oxygen atoms in total. The quantitative estimate of drug-likeness (QED) is 0.548. The van der Waals surface area contributed by atoms with E-state index in [1.54, 1.807) is 11.8 Å². The van der Waals surface area contributed by atoms with Gasteiger partial charge >= 0.3 is 0 Å². The maximum atomic E-state index is 12.0. The molecule has 4 rings (SSSR count). The van der Waals surface area contributed by atoms with Crippen molar-refractivity contribution in [2.24, 2.45) is 7.05 Å². The maximum absolute atomic E-state index is 12.0. The number of benzene rings is 2. The SMILES string of the molecule is Cn1c(Sc2ccc(Br)cc2)c(/C=C2\SC(=O)NC2=O)c2ccccc21. The van der Waals surface area contributed by atoms with E-state index in [0.29, 0.717) is 4.91 Å². The minimum Gasteiger partial charge on any atom is -0.338 e. The number of fused-ring (bicyclic) bond motifs is 1. The fourth-order valence-electron chi connectivity index (χ4n) is 2.83. The highest BCUT2D eigenvalue weighted by atomic mass is 79.9. The number of imide groups is 1. The Labute approximate surface area is 167 Å². The van der Waals surface area contributed by atoms with Gasteiger partial charge in [-0.1, -0.05) is 45.9 Å². The third kappa shape index (κ3) is 3.22. The molecule has 0 saturated carbocycles. The van der Waals surface area contributed by atoms with Crippen LogP contribution in [0.5, 0.6) is 0 Å². The summed E-state index contributed by atoms with van der Waals surface area (Å²) in [6.07, 6.45) is 1.81. The molecule has 130 valence electrons. The Morgan fingerprint density at radius 3 is 2.54 bits per heavy atom. The largest absolute Gasteiger partial charge is 0.338 e. The smallest absolute Gasteiger partial charge is 0.290 e. The monoisotopic (exact) mass is 444 g/mol. The Morgan fingerprint density at radius 1 is 1.12 bits per heavy atom. The van der Waals surface area contributed by atoms with Crippen LogP contribution < -0.4 is 5.32 Å². The fourth-order valence-corrected chi connectivity index (χ4v) is 4.77. The first-order valence-electron chi connectivity index (χ1n) is 7.78. The van der Waals surface area contributed by atoms with Crippen LogP contribution in [0.25, 0.3) is 17.0 Å². The summed E-state index contributed by atoms with van der Waals surface area (Å²) in [6.45, 7) is 0. The minimum absolute atomic E-state index is 0.330. The van der Waals surface area contributed by atoms with Gasteiger partial charge < -0.3 is 4.57 Å². The average Bonchev–Trinajstić information content (AvgIpc) is 3.08. The van der Waals surface area contributed by atoms with Crippen LogP contribution in [0, 0.1) is 0 Å². The summed E-state index contributed by atoms with van der Waals surface area (Å²) in [5, 5.41) is 4.06. The molecule has 1 N–H and O–H groups in total. The number of hydrogen-bond acceptors (Lipinski definition) is 4. The molecule has 1 saturated heterocycles. The molecular weight excluding hydrogens is 432 g/mol. The third-order valence-corrected chi connectivity index (χ3v) is 6.57. The number of rotatable bonds is 3. The van der Waals surface area contributed by atoms with Crippen LogP contribution >= 0.6 is 39.5 Å². The van der Waals surface area contributed by atoms with Crippen molar-refractivity contribution in [2.75, 3.05) is 0 Å². The Morgan fingerprint density at radius 2 is 1.85 bits per heavy atom. The predicted octanol–water partition coefficient (Wildman–Crippen LogP) is 5.42. The first-order valence-corrected chi connectivity index (χ1v) is 10.2. The van der Waals surface area contributed by atoms with Crippen LogP contribution in [0.4, 0.5) is 4.79 Å². The number of amides is 2. The van der Waals surface area contributed by atoms with E-state index in [2.05, 4.69) is 31.9 Å². The lowest BCUT2D eigenvalue weighted by molar-refractivity contribution is -0.115. The molecule has 2 heterocycles. The normalized spacial score (nSPS) is 15.8. The number of para-hydroxylation sites is 1. The molecule has 1 aliphatic rings. The van der Waals surface area contributed by atoms with Crippen LogP contribution in [0.3, 0.4) is 0 Å². The summed E-state index contributed by atoms with van der Waals surface area (Å²) in [7, 11) is 2.01. The molecule has 26 heavy (non-hydrogen) atoms. The van der Waals surface area contributed by atoms with Crippen LogP contribution in [0.15, 0.2) is 67.8 Å². The van der Waals surface area contributed by atoms with Crippen LogP contribution in [-0.2, 0) is 11.8 Å². The van der Waals surface area contributed by atoms with Crippen molar-refractivity contribution in [3.8, 4) is 0 Å². The number of hydrogen-bond donors (Lipinski definition) is 1. The number of aryl methyl sites for hydroxylation is 1. The highest BCUT2D eigenvalue weighted by Crippen LogP contribution is 2.39. The summed E-state index contributed by atoms with van der Waals surface area (Å²) in [4.78, 5) is 25.0. The van der Waals surface area contributed by atoms with Crippen molar-refractivity contribution in [3.05, 3.63) is 63.5 Å². The fraction of sp³-hybridized carbons (Fsp3) is 0.0526. The zero-order chi connectivity index (χ0) is 18.3. The standard InChI is InChI=1S/C19H13BrN2O2S2/c1-22-15-5-3-2-4-13(15)14(10-16-17(23)21-19(24)26-16)18(22)25-12-8-6-11(20)7-9-12/h2-10H,1H3,(H,21,23,24)/b16-10-. The Bertz CT molecular complexity index is 1070. The van der Waals surface area contributed by atoms with Gasteiger partial charge in [0.05, 0.1) is 9.93 Å². The van der Waals surface area contributed by atoms with Gasteiger partial charge in [-0.05, 0) is 48.2 Å². The van der Waals surface area contributed by atoms with Gasteiger partial charge in [0.15, 0.2) is 0 Å². The van der Waals surface area contributed by atoms with Crippen molar-refractivity contribution in [1.29, 1.82) is 0 Å². The van der Waals surface area contributed by atoms with Gasteiger partial charge in [-0.25, -0.2) is 0 Å². The molecule has 1 aromatic heterocycles. The van der Waals surface area contributed by atoms with Gasteiger partial charge in [-0.15, -0.1) is 0 Å². The number of carbonyl (C=O) groups is 2. The lowest BCUT2D eigenvalue weighted by Gasteiger charge is -2.06. The van der Waals surface area contributed by atoms with Crippen molar-refractivity contribution in [1.82, 2.24) is 9.88 Å². The third-order valence-electron chi connectivity index (χ3n) is 4.04. The summed E-state index contributed by atoms with van der Waals surface area (Å²) in [6, 6.07) is 16.2. The van der Waals surface area contributed by atoms with E-state index >= 15 is 0 Å². The van der Waals surface area contributed by atoms with Gasteiger partial charge in [0.2, 0.25) is 0 Å². The van der Waals surface area contributed by atoms with Gasteiger partial charge in [0.25, 0.3) is 11.1 Å². The number of thioether (sulfide) groups is 1. The zero-order valence-corrected chi connectivity index (χ0v) is 16.9. The van der Waals surface area contributed by atoms with E-state index in [1.807, 2.05) is 55.6 Å². The van der Waals surface area contributed by atoms with E-state index in [0.717, 1.165) is 42.6 Å². The Balaban J connectivity index is 1.87. The van der Waals surface area contributed by atoms with Crippen LogP contribution in [0.2, 0.25) is 0 Å². The molecule has 0 aliphatic carbocycles. The maximum Gasteiger partial charge on any atom is 0.290 e. The molecule has 2 amide bonds. The van der Waals surface area contributed by atoms with Crippen molar-refractivity contribution < 1.29 is 9.59 Å².